The molecule has 1 N–H and O–H groups in total. The smallest absolute Gasteiger partial charge is 0.339 e. The summed E-state index contributed by atoms with van der Waals surface area (Å²) in [5, 5.41) is 9.05. The Kier molecular flexibility index (Phi) is 6.77. The highest BCUT2D eigenvalue weighted by Crippen LogP contribution is 2.15. The molecular formula is C16H22O4. The molecule has 0 bridgehead atoms. The van der Waals surface area contributed by atoms with Crippen molar-refractivity contribution in [3.05, 3.63) is 35.4 Å². The third-order valence-corrected chi connectivity index (χ3v) is 3.37. The molecule has 0 saturated carbocycles. The molecule has 1 atom stereocenters. The van der Waals surface area contributed by atoms with Gasteiger partial charge in [0.1, 0.15) is 0 Å². The largest absolute Gasteiger partial charge is 0.478 e. The molecule has 1 aromatic rings. The minimum Gasteiger partial charge on any atom is -0.478 e. The highest BCUT2D eigenvalue weighted by Gasteiger charge is 2.18. The number of hydrogen-bond acceptors (Lipinski definition) is 3. The van der Waals surface area contributed by atoms with Gasteiger partial charge in [-0.3, -0.25) is 0 Å². The number of carbonyl (C=O) groups excluding carboxylic acids is 1. The normalized spacial score (nSPS) is 11.9. The molecule has 0 heterocycles. The Hall–Kier alpha value is -1.84. The number of aromatic carboxylic acids is 1. The lowest BCUT2D eigenvalue weighted by atomic mass is 10.0. The lowest BCUT2D eigenvalue weighted by Gasteiger charge is -2.15. The van der Waals surface area contributed by atoms with Gasteiger partial charge in [-0.2, -0.15) is 0 Å². The summed E-state index contributed by atoms with van der Waals surface area (Å²) in [6.45, 7) is 4.55. The molecule has 4 nitrogen and oxygen atoms in total. The number of unbranched alkanes of at least 4 members (excludes halogenated alkanes) is 1. The quantitative estimate of drug-likeness (QED) is 0.735. The fraction of sp³-hybridized carbons (Fsp3) is 0.500. The summed E-state index contributed by atoms with van der Waals surface area (Å²) >= 11 is 0. The van der Waals surface area contributed by atoms with E-state index in [4.69, 9.17) is 9.84 Å². The zero-order valence-electron chi connectivity index (χ0n) is 12.1. The molecule has 0 fully saturated rings. The Morgan fingerprint density at radius 2 is 1.85 bits per heavy atom. The van der Waals surface area contributed by atoms with Gasteiger partial charge in [-0.1, -0.05) is 45.2 Å². The number of esters is 1. The monoisotopic (exact) mass is 278 g/mol. The Morgan fingerprint density at radius 3 is 2.40 bits per heavy atom. The average Bonchev–Trinajstić information content (AvgIpc) is 2.47. The van der Waals surface area contributed by atoms with E-state index in [1.54, 1.807) is 12.1 Å². The number of hydrogen-bond donors (Lipinski definition) is 1. The van der Waals surface area contributed by atoms with Crippen LogP contribution in [0.25, 0.3) is 0 Å². The molecule has 0 amide bonds. The molecule has 4 heteroatoms. The van der Waals surface area contributed by atoms with Crippen LogP contribution in [0.4, 0.5) is 0 Å². The van der Waals surface area contributed by atoms with Crippen LogP contribution in [0.1, 0.15) is 60.2 Å². The van der Waals surface area contributed by atoms with Gasteiger partial charge < -0.3 is 9.84 Å². The van der Waals surface area contributed by atoms with E-state index in [-0.39, 0.29) is 11.1 Å². The van der Waals surface area contributed by atoms with Crippen LogP contribution in [0.5, 0.6) is 0 Å². The van der Waals surface area contributed by atoms with Crippen LogP contribution >= 0.6 is 0 Å². The summed E-state index contributed by atoms with van der Waals surface area (Å²) in [5.41, 5.74) is 0.101. The van der Waals surface area contributed by atoms with E-state index in [1.165, 1.54) is 12.1 Å². The first-order valence-corrected chi connectivity index (χ1v) is 7.09. The van der Waals surface area contributed by atoms with Crippen LogP contribution in [0.3, 0.4) is 0 Å². The Labute approximate surface area is 119 Å². The third kappa shape index (κ3) is 4.68. The summed E-state index contributed by atoms with van der Waals surface area (Å²) in [6.07, 6.45) is 4.21. The first-order chi connectivity index (χ1) is 9.60. The first kappa shape index (κ1) is 16.2. The van der Waals surface area contributed by atoms with Crippen LogP contribution in [0.2, 0.25) is 0 Å². The zero-order valence-corrected chi connectivity index (χ0v) is 12.1. The van der Waals surface area contributed by atoms with Crippen molar-refractivity contribution >= 4 is 11.9 Å². The Bertz CT molecular complexity index is 454. The predicted octanol–water partition coefficient (Wildman–Crippen LogP) is 3.76. The van der Waals surface area contributed by atoms with Crippen LogP contribution in [0.15, 0.2) is 24.3 Å². The Morgan fingerprint density at radius 1 is 1.20 bits per heavy atom. The van der Waals surface area contributed by atoms with E-state index in [0.717, 1.165) is 25.7 Å². The van der Waals surface area contributed by atoms with E-state index in [0.29, 0.717) is 12.5 Å². The first-order valence-electron chi connectivity index (χ1n) is 7.09. The van der Waals surface area contributed by atoms with Gasteiger partial charge in [0.2, 0.25) is 0 Å². The van der Waals surface area contributed by atoms with Gasteiger partial charge >= 0.3 is 11.9 Å². The number of rotatable bonds is 8. The average molecular weight is 278 g/mol. The number of ether oxygens (including phenoxy) is 1. The van der Waals surface area contributed by atoms with Gasteiger partial charge in [-0.25, -0.2) is 9.59 Å². The number of carbonyl (C=O) groups is 2. The van der Waals surface area contributed by atoms with Crippen molar-refractivity contribution in [1.82, 2.24) is 0 Å². The molecule has 110 valence electrons. The standard InChI is InChI=1S/C16H22O4/c1-3-5-8-12(4-2)11-20-16(19)14-10-7-6-9-13(14)15(17)18/h6-7,9-10,12H,3-5,8,11H2,1-2H3,(H,17,18)/t12-/m0/s1. The molecule has 1 rings (SSSR count). The fourth-order valence-corrected chi connectivity index (χ4v) is 2.02. The van der Waals surface area contributed by atoms with Crippen LogP contribution in [0, 0.1) is 5.92 Å². The molecule has 0 unspecified atom stereocenters. The van der Waals surface area contributed by atoms with Crippen molar-refractivity contribution in [1.29, 1.82) is 0 Å². The van der Waals surface area contributed by atoms with Crippen LogP contribution < -0.4 is 0 Å². The number of carboxylic acid groups (broad SMARTS) is 1. The molecule has 1 aromatic carbocycles. The zero-order chi connectivity index (χ0) is 15.0. The van der Waals surface area contributed by atoms with Crippen molar-refractivity contribution in [3.8, 4) is 0 Å². The minimum absolute atomic E-state index is 0.0147. The lowest BCUT2D eigenvalue weighted by Crippen LogP contribution is -2.16. The Balaban J connectivity index is 2.65. The maximum Gasteiger partial charge on any atom is 0.339 e. The van der Waals surface area contributed by atoms with Gasteiger partial charge in [0.05, 0.1) is 17.7 Å². The van der Waals surface area contributed by atoms with Gasteiger partial charge in [0.15, 0.2) is 0 Å². The SMILES string of the molecule is CCCC[C@H](CC)COC(=O)c1ccccc1C(=O)O. The summed E-state index contributed by atoms with van der Waals surface area (Å²) in [7, 11) is 0. The fourth-order valence-electron chi connectivity index (χ4n) is 2.02. The van der Waals surface area contributed by atoms with Crippen molar-refractivity contribution in [3.63, 3.8) is 0 Å². The van der Waals surface area contributed by atoms with E-state index in [1.807, 2.05) is 0 Å². The molecule has 0 spiro atoms. The van der Waals surface area contributed by atoms with Gasteiger partial charge in [-0.15, -0.1) is 0 Å². The van der Waals surface area contributed by atoms with Crippen molar-refractivity contribution in [2.75, 3.05) is 6.61 Å². The molecule has 0 saturated heterocycles. The second kappa shape index (κ2) is 8.35. The van der Waals surface area contributed by atoms with Crippen LogP contribution in [-0.4, -0.2) is 23.7 Å². The third-order valence-electron chi connectivity index (χ3n) is 3.37. The van der Waals surface area contributed by atoms with E-state index >= 15 is 0 Å². The topological polar surface area (TPSA) is 63.6 Å². The summed E-state index contributed by atoms with van der Waals surface area (Å²) in [5.74, 6) is -1.33. The molecule has 0 aliphatic heterocycles. The molecule has 20 heavy (non-hydrogen) atoms. The highest BCUT2D eigenvalue weighted by atomic mass is 16.5. The number of carboxylic acids is 1. The predicted molar refractivity (Wildman–Crippen MR) is 77.0 cm³/mol. The highest BCUT2D eigenvalue weighted by molar-refractivity contribution is 6.02. The molecular weight excluding hydrogens is 256 g/mol. The summed E-state index contributed by atoms with van der Waals surface area (Å²) in [4.78, 5) is 23.0. The van der Waals surface area contributed by atoms with Crippen molar-refractivity contribution in [2.24, 2.45) is 5.92 Å². The van der Waals surface area contributed by atoms with Gasteiger partial charge in [-0.05, 0) is 24.5 Å². The van der Waals surface area contributed by atoms with E-state index < -0.39 is 11.9 Å². The maximum absolute atomic E-state index is 12.0. The van der Waals surface area contributed by atoms with Crippen LogP contribution in [-0.2, 0) is 4.74 Å². The maximum atomic E-state index is 12.0. The molecule has 0 aromatic heterocycles. The second-order valence-corrected chi connectivity index (χ2v) is 4.87. The second-order valence-electron chi connectivity index (χ2n) is 4.87. The van der Waals surface area contributed by atoms with Gasteiger partial charge in [0, 0.05) is 0 Å². The van der Waals surface area contributed by atoms with Gasteiger partial charge in [0.25, 0.3) is 0 Å². The van der Waals surface area contributed by atoms with Crippen molar-refractivity contribution in [2.45, 2.75) is 39.5 Å². The summed E-state index contributed by atoms with van der Waals surface area (Å²) < 4.78 is 5.27. The summed E-state index contributed by atoms with van der Waals surface area (Å²) in [6, 6.07) is 6.12. The molecule has 0 radical (unpaired) electrons. The van der Waals surface area contributed by atoms with E-state index in [9.17, 15) is 9.59 Å². The molecule has 0 aliphatic carbocycles. The molecule has 0 aliphatic rings. The van der Waals surface area contributed by atoms with E-state index in [2.05, 4.69) is 13.8 Å². The van der Waals surface area contributed by atoms with Crippen molar-refractivity contribution < 1.29 is 19.4 Å². The lowest BCUT2D eigenvalue weighted by molar-refractivity contribution is 0.0420. The minimum atomic E-state index is -1.12. The number of benzene rings is 1.